The van der Waals surface area contributed by atoms with E-state index in [2.05, 4.69) is 32.2 Å². The summed E-state index contributed by atoms with van der Waals surface area (Å²) in [5.41, 5.74) is 1.55. The van der Waals surface area contributed by atoms with E-state index in [1.165, 1.54) is 0 Å². The van der Waals surface area contributed by atoms with E-state index in [0.717, 1.165) is 35.0 Å². The molecule has 2 N–H and O–H groups in total. The molecule has 3 aromatic heterocycles. The van der Waals surface area contributed by atoms with Crippen molar-refractivity contribution in [3.05, 3.63) is 30.5 Å². The molecule has 0 aromatic carbocycles. The smallest absolute Gasteiger partial charge is 0.225 e. The van der Waals surface area contributed by atoms with Crippen LogP contribution in [0.15, 0.2) is 34.2 Å². The first-order chi connectivity index (χ1) is 9.86. The minimum absolute atomic E-state index is 0.619. The Labute approximate surface area is 120 Å². The van der Waals surface area contributed by atoms with Gasteiger partial charge in [-0.05, 0) is 18.6 Å². The number of thioether (sulfide) groups is 1. The van der Waals surface area contributed by atoms with E-state index in [0.29, 0.717) is 11.6 Å². The lowest BCUT2D eigenvalue weighted by Gasteiger charge is -2.06. The Kier molecular flexibility index (Phi) is 3.87. The van der Waals surface area contributed by atoms with Crippen LogP contribution in [0, 0.1) is 0 Å². The first-order valence-electron chi connectivity index (χ1n) is 6.47. The van der Waals surface area contributed by atoms with E-state index < -0.39 is 0 Å². The van der Waals surface area contributed by atoms with Gasteiger partial charge in [-0.1, -0.05) is 18.7 Å². The molecule has 0 aliphatic carbocycles. The van der Waals surface area contributed by atoms with Crippen molar-refractivity contribution >= 4 is 28.9 Å². The quantitative estimate of drug-likeness (QED) is 0.536. The van der Waals surface area contributed by atoms with E-state index in [1.54, 1.807) is 24.4 Å². The second-order valence-corrected chi connectivity index (χ2v) is 5.21. The highest BCUT2D eigenvalue weighted by molar-refractivity contribution is 7.98. The molecule has 0 aliphatic heterocycles. The Morgan fingerprint density at radius 3 is 3.15 bits per heavy atom. The Bertz CT molecular complexity index is 679. The Hall–Kier alpha value is -2.02. The van der Waals surface area contributed by atoms with Gasteiger partial charge in [0.05, 0.1) is 18.3 Å². The molecule has 0 atom stereocenters. The molecule has 7 heteroatoms. The summed E-state index contributed by atoms with van der Waals surface area (Å²) < 4.78 is 5.34. The van der Waals surface area contributed by atoms with Crippen LogP contribution < -0.4 is 5.32 Å². The normalized spacial score (nSPS) is 11.1. The van der Waals surface area contributed by atoms with Crippen molar-refractivity contribution in [1.29, 1.82) is 0 Å². The fourth-order valence-electron chi connectivity index (χ4n) is 1.76. The molecule has 0 fully saturated rings. The molecule has 104 valence electrons. The number of anilines is 1. The fourth-order valence-corrected chi connectivity index (χ4v) is 2.65. The van der Waals surface area contributed by atoms with Crippen LogP contribution in [0.25, 0.3) is 11.2 Å². The Morgan fingerprint density at radius 1 is 1.40 bits per heavy atom. The zero-order valence-electron chi connectivity index (χ0n) is 11.1. The van der Waals surface area contributed by atoms with Crippen molar-refractivity contribution in [2.75, 3.05) is 11.9 Å². The average Bonchev–Trinajstić information content (AvgIpc) is 3.13. The molecule has 3 heterocycles. The molecule has 0 radical (unpaired) electrons. The number of furan rings is 1. The van der Waals surface area contributed by atoms with Gasteiger partial charge < -0.3 is 14.7 Å². The number of hydrogen-bond donors (Lipinski definition) is 2. The summed E-state index contributed by atoms with van der Waals surface area (Å²) >= 11 is 1.60. The zero-order valence-corrected chi connectivity index (χ0v) is 11.9. The molecule has 3 aromatic rings. The first-order valence-corrected chi connectivity index (χ1v) is 7.45. The second-order valence-electron chi connectivity index (χ2n) is 4.25. The number of H-pyrrole nitrogens is 1. The van der Waals surface area contributed by atoms with Crippen LogP contribution in [0.3, 0.4) is 0 Å². The average molecular weight is 289 g/mol. The van der Waals surface area contributed by atoms with Crippen LogP contribution in [0.5, 0.6) is 0 Å². The van der Waals surface area contributed by atoms with Gasteiger partial charge in [0.15, 0.2) is 5.65 Å². The van der Waals surface area contributed by atoms with Crippen molar-refractivity contribution in [2.45, 2.75) is 24.1 Å². The van der Waals surface area contributed by atoms with Gasteiger partial charge in [0.25, 0.3) is 0 Å². The monoisotopic (exact) mass is 289 g/mol. The lowest BCUT2D eigenvalue weighted by atomic mass is 10.5. The van der Waals surface area contributed by atoms with Crippen molar-refractivity contribution < 1.29 is 4.42 Å². The van der Waals surface area contributed by atoms with Crippen LogP contribution in [0.4, 0.5) is 5.95 Å². The fraction of sp³-hybridized carbons (Fsp3) is 0.308. The number of nitrogens with one attached hydrogen (secondary N) is 2. The number of aromatic nitrogens is 4. The molecule has 0 saturated heterocycles. The van der Waals surface area contributed by atoms with E-state index in [1.807, 2.05) is 12.1 Å². The Balaban J connectivity index is 1.85. The molecule has 0 spiro atoms. The minimum Gasteiger partial charge on any atom is -0.468 e. The molecular weight excluding hydrogens is 274 g/mol. The summed E-state index contributed by atoms with van der Waals surface area (Å²) in [5, 5.41) is 4.07. The molecule has 3 rings (SSSR count). The summed E-state index contributed by atoms with van der Waals surface area (Å²) in [5.74, 6) is 2.27. The van der Waals surface area contributed by atoms with Gasteiger partial charge in [-0.15, -0.1) is 0 Å². The number of rotatable bonds is 6. The van der Waals surface area contributed by atoms with Crippen LogP contribution in [-0.4, -0.2) is 26.5 Å². The van der Waals surface area contributed by atoms with Gasteiger partial charge in [-0.25, -0.2) is 9.97 Å². The number of nitrogens with zero attached hydrogens (tertiary/aromatic N) is 3. The molecular formula is C13H15N5OS. The lowest BCUT2D eigenvalue weighted by Crippen LogP contribution is -2.05. The van der Waals surface area contributed by atoms with Gasteiger partial charge in [-0.3, -0.25) is 0 Å². The summed E-state index contributed by atoms with van der Waals surface area (Å²) in [6, 6.07) is 3.84. The number of imidazole rings is 1. The minimum atomic E-state index is 0.619. The predicted molar refractivity (Wildman–Crippen MR) is 78.7 cm³/mol. The maximum atomic E-state index is 5.34. The molecule has 6 nitrogen and oxygen atoms in total. The van der Waals surface area contributed by atoms with Crippen LogP contribution >= 0.6 is 11.8 Å². The summed E-state index contributed by atoms with van der Waals surface area (Å²) in [6.45, 7) is 2.95. The molecule has 0 bridgehead atoms. The predicted octanol–water partition coefficient (Wildman–Crippen LogP) is 3.06. The second kappa shape index (κ2) is 5.96. The number of fused-ring (bicyclic) bond motifs is 1. The number of hydrogen-bond acceptors (Lipinski definition) is 6. The van der Waals surface area contributed by atoms with Gasteiger partial charge >= 0.3 is 0 Å². The summed E-state index contributed by atoms with van der Waals surface area (Å²) in [7, 11) is 0. The third-order valence-electron chi connectivity index (χ3n) is 2.72. The van der Waals surface area contributed by atoms with Crippen molar-refractivity contribution in [1.82, 2.24) is 19.9 Å². The maximum absolute atomic E-state index is 5.34. The molecule has 0 amide bonds. The van der Waals surface area contributed by atoms with Crippen LogP contribution in [-0.2, 0) is 5.75 Å². The topological polar surface area (TPSA) is 79.6 Å². The van der Waals surface area contributed by atoms with Crippen LogP contribution in [0.2, 0.25) is 0 Å². The third-order valence-corrected chi connectivity index (χ3v) is 3.71. The third kappa shape index (κ3) is 2.77. The van der Waals surface area contributed by atoms with Crippen molar-refractivity contribution in [3.63, 3.8) is 0 Å². The lowest BCUT2D eigenvalue weighted by molar-refractivity contribution is 0.530. The van der Waals surface area contributed by atoms with Crippen molar-refractivity contribution in [2.24, 2.45) is 0 Å². The molecule has 20 heavy (non-hydrogen) atoms. The SMILES string of the molecule is CCCNc1nc(SCc2ccco2)c2[nH]cnc2n1. The Morgan fingerprint density at radius 2 is 2.35 bits per heavy atom. The van der Waals surface area contributed by atoms with Gasteiger partial charge in [0.2, 0.25) is 5.95 Å². The summed E-state index contributed by atoms with van der Waals surface area (Å²) in [6.07, 6.45) is 4.34. The van der Waals surface area contributed by atoms with E-state index in [-0.39, 0.29) is 0 Å². The summed E-state index contributed by atoms with van der Waals surface area (Å²) in [4.78, 5) is 16.2. The highest BCUT2D eigenvalue weighted by atomic mass is 32.2. The molecule has 0 unspecified atom stereocenters. The highest BCUT2D eigenvalue weighted by Crippen LogP contribution is 2.27. The number of aromatic amines is 1. The van der Waals surface area contributed by atoms with Crippen molar-refractivity contribution in [3.8, 4) is 0 Å². The maximum Gasteiger partial charge on any atom is 0.225 e. The first kappa shape index (κ1) is 13.0. The molecule has 0 aliphatic rings. The molecule has 0 saturated carbocycles. The zero-order chi connectivity index (χ0) is 13.8. The van der Waals surface area contributed by atoms with Crippen LogP contribution in [0.1, 0.15) is 19.1 Å². The van der Waals surface area contributed by atoms with E-state index in [4.69, 9.17) is 4.42 Å². The van der Waals surface area contributed by atoms with E-state index >= 15 is 0 Å². The van der Waals surface area contributed by atoms with Gasteiger partial charge in [0.1, 0.15) is 16.3 Å². The van der Waals surface area contributed by atoms with Gasteiger partial charge in [-0.2, -0.15) is 4.98 Å². The standard InChI is InChI=1S/C13H15N5OS/c1-2-5-14-13-17-11-10(15-8-16-11)12(18-13)20-7-9-4-3-6-19-9/h3-4,6,8H,2,5,7H2,1H3,(H2,14,15,16,17,18). The largest absolute Gasteiger partial charge is 0.468 e. The highest BCUT2D eigenvalue weighted by Gasteiger charge is 2.11. The van der Waals surface area contributed by atoms with Gasteiger partial charge in [0, 0.05) is 6.54 Å². The van der Waals surface area contributed by atoms with E-state index in [9.17, 15) is 0 Å².